The Labute approximate surface area is 185 Å². The number of fused-ring (bicyclic) bond motifs is 1. The van der Waals surface area contributed by atoms with E-state index in [1.807, 2.05) is 38.1 Å². The second-order valence-corrected chi connectivity index (χ2v) is 7.67. The van der Waals surface area contributed by atoms with Crippen molar-refractivity contribution in [1.82, 2.24) is 0 Å². The van der Waals surface area contributed by atoms with Gasteiger partial charge in [0.2, 0.25) is 0 Å². The Morgan fingerprint density at radius 1 is 0.562 bits per heavy atom. The van der Waals surface area contributed by atoms with Crippen molar-refractivity contribution >= 4 is 22.3 Å². The molecule has 0 bridgehead atoms. The summed E-state index contributed by atoms with van der Waals surface area (Å²) in [5, 5.41) is 1.36. The molecule has 2 nitrogen and oxygen atoms in total. The molecule has 0 heterocycles. The molecule has 0 aromatic heterocycles. The van der Waals surface area contributed by atoms with Gasteiger partial charge in [-0.15, -0.1) is 0 Å². The predicted octanol–water partition coefficient (Wildman–Crippen LogP) is 6.70. The summed E-state index contributed by atoms with van der Waals surface area (Å²) in [5.41, 5.74) is 3.53. The van der Waals surface area contributed by atoms with Gasteiger partial charge in [-0.3, -0.25) is 9.59 Å². The van der Waals surface area contributed by atoms with Crippen LogP contribution in [-0.4, -0.2) is 11.6 Å². The van der Waals surface area contributed by atoms with Gasteiger partial charge in [-0.05, 0) is 83.3 Å². The molecule has 0 unspecified atom stereocenters. The first-order valence-electron chi connectivity index (χ1n) is 10.6. The highest BCUT2D eigenvalue weighted by Gasteiger charge is 2.22. The number of hydrogen-bond donors (Lipinski definition) is 0. The highest BCUT2D eigenvalue weighted by atomic mass is 19.1. The molecule has 0 aliphatic heterocycles. The van der Waals surface area contributed by atoms with E-state index in [4.69, 9.17) is 0 Å². The Morgan fingerprint density at radius 3 is 1.22 bits per heavy atom. The van der Waals surface area contributed by atoms with E-state index in [1.54, 1.807) is 0 Å². The molecule has 160 valence electrons. The minimum absolute atomic E-state index is 0.211. The fourth-order valence-corrected chi connectivity index (χ4v) is 4.11. The molecule has 0 aliphatic carbocycles. The predicted molar refractivity (Wildman–Crippen MR) is 122 cm³/mol. The van der Waals surface area contributed by atoms with Crippen LogP contribution in [-0.2, 0) is 12.8 Å². The molecule has 32 heavy (non-hydrogen) atoms. The van der Waals surface area contributed by atoms with Crippen LogP contribution in [0.25, 0.3) is 10.8 Å². The van der Waals surface area contributed by atoms with Crippen LogP contribution in [0.2, 0.25) is 0 Å². The molecule has 0 radical (unpaired) electrons. The molecule has 0 amide bonds. The third kappa shape index (κ3) is 3.84. The van der Waals surface area contributed by atoms with Crippen LogP contribution >= 0.6 is 0 Å². The lowest BCUT2D eigenvalue weighted by Crippen LogP contribution is -2.10. The Bertz CT molecular complexity index is 1220. The van der Waals surface area contributed by atoms with Crippen LogP contribution in [0.15, 0.2) is 72.8 Å². The maximum Gasteiger partial charge on any atom is 0.193 e. The Balaban J connectivity index is 1.97. The Hall–Kier alpha value is -3.66. The first kappa shape index (κ1) is 21.6. The van der Waals surface area contributed by atoms with Crippen LogP contribution in [0, 0.1) is 11.6 Å². The minimum Gasteiger partial charge on any atom is -0.289 e. The molecule has 0 fully saturated rings. The van der Waals surface area contributed by atoms with Gasteiger partial charge in [0.1, 0.15) is 11.6 Å². The summed E-state index contributed by atoms with van der Waals surface area (Å²) in [6.45, 7) is 3.93. The summed E-state index contributed by atoms with van der Waals surface area (Å²) in [4.78, 5) is 26.9. The van der Waals surface area contributed by atoms with E-state index < -0.39 is 11.6 Å². The zero-order valence-corrected chi connectivity index (χ0v) is 17.9. The average Bonchev–Trinajstić information content (AvgIpc) is 2.82. The van der Waals surface area contributed by atoms with Gasteiger partial charge in [-0.2, -0.15) is 0 Å². The lowest BCUT2D eigenvalue weighted by molar-refractivity contribution is 0.103. The summed E-state index contributed by atoms with van der Waals surface area (Å²) < 4.78 is 26.8. The Morgan fingerprint density at radius 2 is 0.906 bits per heavy atom. The third-order valence-electron chi connectivity index (χ3n) is 5.80. The van der Waals surface area contributed by atoms with E-state index in [9.17, 15) is 18.4 Å². The first-order chi connectivity index (χ1) is 15.4. The van der Waals surface area contributed by atoms with Gasteiger partial charge in [0.15, 0.2) is 11.6 Å². The van der Waals surface area contributed by atoms with Crippen molar-refractivity contribution in [1.29, 1.82) is 0 Å². The molecule has 4 heteroatoms. The van der Waals surface area contributed by atoms with E-state index in [-0.39, 0.29) is 11.6 Å². The summed E-state index contributed by atoms with van der Waals surface area (Å²) in [6.07, 6.45) is 1.27. The SMILES string of the molecule is CCc1ccc2c(C(=O)c3ccc(F)cc3)c(CC)ccc2c1C(=O)c1ccc(F)cc1. The largest absolute Gasteiger partial charge is 0.289 e. The molecule has 0 N–H and O–H groups in total. The van der Waals surface area contributed by atoms with Gasteiger partial charge >= 0.3 is 0 Å². The van der Waals surface area contributed by atoms with Crippen LogP contribution < -0.4 is 0 Å². The van der Waals surface area contributed by atoms with Crippen molar-refractivity contribution in [2.24, 2.45) is 0 Å². The highest BCUT2D eigenvalue weighted by Crippen LogP contribution is 2.32. The van der Waals surface area contributed by atoms with Gasteiger partial charge in [0.25, 0.3) is 0 Å². The summed E-state index contributed by atoms with van der Waals surface area (Å²) in [7, 11) is 0. The molecular weight excluding hydrogens is 406 g/mol. The van der Waals surface area contributed by atoms with E-state index in [0.717, 1.165) is 11.1 Å². The maximum absolute atomic E-state index is 13.4. The van der Waals surface area contributed by atoms with Crippen molar-refractivity contribution in [3.8, 4) is 0 Å². The van der Waals surface area contributed by atoms with E-state index in [2.05, 4.69) is 0 Å². The number of rotatable bonds is 6. The fraction of sp³-hybridized carbons (Fsp3) is 0.143. The number of carbonyl (C=O) groups excluding carboxylic acids is 2. The summed E-state index contributed by atoms with van der Waals surface area (Å²) in [5.74, 6) is -1.24. The first-order valence-corrected chi connectivity index (χ1v) is 10.6. The number of ketones is 2. The van der Waals surface area contributed by atoms with Gasteiger partial charge in [0, 0.05) is 22.3 Å². The standard InChI is InChI=1S/C28H22F2O2/c1-3-17-9-15-24-23(25(17)27(31)19-5-11-21(29)12-6-19)16-10-18(4-2)26(24)28(32)20-7-13-22(30)14-8-20/h5-16H,3-4H2,1-2H3. The number of benzene rings is 4. The second-order valence-electron chi connectivity index (χ2n) is 7.67. The van der Waals surface area contributed by atoms with Crippen LogP contribution in [0.5, 0.6) is 0 Å². The van der Waals surface area contributed by atoms with Crippen molar-refractivity contribution < 1.29 is 18.4 Å². The molecular formula is C28H22F2O2. The van der Waals surface area contributed by atoms with Gasteiger partial charge < -0.3 is 0 Å². The molecule has 0 saturated heterocycles. The summed E-state index contributed by atoms with van der Waals surface area (Å²) >= 11 is 0. The zero-order chi connectivity index (χ0) is 22.8. The lowest BCUT2D eigenvalue weighted by atomic mass is 9.86. The van der Waals surface area contributed by atoms with E-state index in [1.165, 1.54) is 48.5 Å². The van der Waals surface area contributed by atoms with Crippen LogP contribution in [0.4, 0.5) is 8.78 Å². The molecule has 0 aliphatic rings. The zero-order valence-electron chi connectivity index (χ0n) is 17.9. The highest BCUT2D eigenvalue weighted by molar-refractivity contribution is 6.22. The fourth-order valence-electron chi connectivity index (χ4n) is 4.11. The van der Waals surface area contributed by atoms with E-state index in [0.29, 0.717) is 45.9 Å². The van der Waals surface area contributed by atoms with Crippen molar-refractivity contribution in [2.45, 2.75) is 26.7 Å². The summed E-state index contributed by atoms with van der Waals surface area (Å²) in [6, 6.07) is 18.5. The minimum atomic E-state index is -0.407. The van der Waals surface area contributed by atoms with Gasteiger partial charge in [-0.1, -0.05) is 38.1 Å². The number of halogens is 2. The number of carbonyl (C=O) groups is 2. The molecule has 0 saturated carbocycles. The molecule has 0 spiro atoms. The molecule has 0 atom stereocenters. The van der Waals surface area contributed by atoms with Crippen molar-refractivity contribution in [2.75, 3.05) is 0 Å². The van der Waals surface area contributed by atoms with Gasteiger partial charge in [-0.25, -0.2) is 8.78 Å². The van der Waals surface area contributed by atoms with Crippen LogP contribution in [0.1, 0.15) is 56.8 Å². The normalized spacial score (nSPS) is 11.0. The molecule has 4 rings (SSSR count). The Kier molecular flexibility index (Phi) is 5.95. The van der Waals surface area contributed by atoms with Crippen molar-refractivity contribution in [3.05, 3.63) is 118 Å². The number of hydrogen-bond acceptors (Lipinski definition) is 2. The third-order valence-corrected chi connectivity index (χ3v) is 5.80. The molecule has 4 aromatic rings. The van der Waals surface area contributed by atoms with Crippen LogP contribution in [0.3, 0.4) is 0 Å². The number of aryl methyl sites for hydroxylation is 2. The second kappa shape index (κ2) is 8.83. The topological polar surface area (TPSA) is 34.1 Å². The average molecular weight is 428 g/mol. The monoisotopic (exact) mass is 428 g/mol. The molecule has 4 aromatic carbocycles. The smallest absolute Gasteiger partial charge is 0.193 e. The quantitative estimate of drug-likeness (QED) is 0.320. The van der Waals surface area contributed by atoms with E-state index >= 15 is 0 Å². The van der Waals surface area contributed by atoms with Crippen molar-refractivity contribution in [3.63, 3.8) is 0 Å². The lowest BCUT2D eigenvalue weighted by Gasteiger charge is -2.16. The van der Waals surface area contributed by atoms with Gasteiger partial charge in [0.05, 0.1) is 0 Å². The maximum atomic E-state index is 13.4.